The third kappa shape index (κ3) is 17.0. The molecule has 0 unspecified atom stereocenters. The number of carboxylic acids is 3. The molecule has 0 saturated heterocycles. The van der Waals surface area contributed by atoms with E-state index >= 15 is 0 Å². The third-order valence-corrected chi connectivity index (χ3v) is 5.60. The molecule has 0 aliphatic carbocycles. The number of hydrogen-bond donors (Lipinski definition) is 2. The minimum Gasteiger partial charge on any atom is -0.550 e. The number of carbonyl (C=O) groups excluding carboxylic acids is 1. The summed E-state index contributed by atoms with van der Waals surface area (Å²) in [5.74, 6) is -2.60. The van der Waals surface area contributed by atoms with Crippen LogP contribution in [0.1, 0.15) is 89.9 Å². The zero-order valence-corrected chi connectivity index (χ0v) is 18.5. The number of aliphatic carboxylic acids is 3. The zero-order chi connectivity index (χ0) is 22.7. The normalized spacial score (nSPS) is 11.3. The number of rotatable bonds is 22. The van der Waals surface area contributed by atoms with Crippen LogP contribution in [0.3, 0.4) is 0 Å². The molecule has 30 heavy (non-hydrogen) atoms. The largest absolute Gasteiger partial charge is 0.550 e. The first-order chi connectivity index (χ1) is 14.3. The van der Waals surface area contributed by atoms with Crippen LogP contribution in [0, 0.1) is 0 Å². The maximum absolute atomic E-state index is 10.8. The van der Waals surface area contributed by atoms with Crippen LogP contribution in [0.4, 0.5) is 0 Å². The zero-order valence-electron chi connectivity index (χ0n) is 18.5. The van der Waals surface area contributed by atoms with E-state index in [0.717, 1.165) is 82.0 Å². The maximum atomic E-state index is 10.8. The number of allylic oxidation sites excluding steroid dienone is 1. The van der Waals surface area contributed by atoms with E-state index in [9.17, 15) is 19.5 Å². The number of unbranched alkanes of at least 4 members (excludes halogenated alkanes) is 7. The maximum Gasteiger partial charge on any atom is 0.303 e. The van der Waals surface area contributed by atoms with Gasteiger partial charge in [0.2, 0.25) is 0 Å². The Bertz CT molecular complexity index is 451. The molecule has 0 aliphatic rings. The number of hydrogen-bond acceptors (Lipinski definition) is 4. The van der Waals surface area contributed by atoms with Crippen LogP contribution in [-0.2, 0) is 14.4 Å². The molecule has 174 valence electrons. The molecule has 2 N–H and O–H groups in total. The Kier molecular flexibility index (Phi) is 16.8. The van der Waals surface area contributed by atoms with E-state index in [1.54, 1.807) is 0 Å². The minimum absolute atomic E-state index is 0.0551. The molecule has 0 rings (SSSR count). The summed E-state index contributed by atoms with van der Waals surface area (Å²) >= 11 is 0. The van der Waals surface area contributed by atoms with Gasteiger partial charge in [0.25, 0.3) is 0 Å². The summed E-state index contributed by atoms with van der Waals surface area (Å²) in [5, 5.41) is 28.6. The number of carbonyl (C=O) groups is 3. The standard InChI is InChI=1S/C23H41NO6/c1-2-3-4-5-6-10-17-24(18-11-7-14-21(25)26,19-12-8-15-22(27)28)20-13-9-16-23(29)30/h2H,1,3-20H2,(H2-,25,26,27,28,29,30). The minimum atomic E-state index is -1.03. The van der Waals surface area contributed by atoms with Crippen molar-refractivity contribution in [2.75, 3.05) is 26.2 Å². The molecule has 0 saturated carbocycles. The van der Waals surface area contributed by atoms with Crippen molar-refractivity contribution >= 4 is 17.9 Å². The molecule has 0 aromatic rings. The van der Waals surface area contributed by atoms with Crippen molar-refractivity contribution in [1.82, 2.24) is 0 Å². The lowest BCUT2D eigenvalue weighted by atomic mass is 10.1. The summed E-state index contributed by atoms with van der Waals surface area (Å²) in [6.45, 7) is 7.29. The topological polar surface area (TPSA) is 115 Å². The number of nitrogens with zero attached hydrogens (tertiary/aromatic N) is 1. The third-order valence-electron chi connectivity index (χ3n) is 5.60. The highest BCUT2D eigenvalue weighted by atomic mass is 16.4. The molecule has 0 bridgehead atoms. The van der Waals surface area contributed by atoms with E-state index in [0.29, 0.717) is 19.3 Å². The Morgan fingerprint density at radius 1 is 0.667 bits per heavy atom. The molecule has 0 aromatic heterocycles. The van der Waals surface area contributed by atoms with Crippen LogP contribution >= 0.6 is 0 Å². The predicted molar refractivity (Wildman–Crippen MR) is 115 cm³/mol. The van der Waals surface area contributed by atoms with Crippen LogP contribution in [0.5, 0.6) is 0 Å². The second kappa shape index (κ2) is 17.9. The first-order valence-electron chi connectivity index (χ1n) is 11.4. The Balaban J connectivity index is 4.89. The van der Waals surface area contributed by atoms with Crippen LogP contribution < -0.4 is 5.11 Å². The predicted octanol–water partition coefficient (Wildman–Crippen LogP) is 3.37. The Morgan fingerprint density at radius 3 is 1.47 bits per heavy atom. The Hall–Kier alpha value is -1.89. The second-order valence-corrected chi connectivity index (χ2v) is 8.26. The lowest BCUT2D eigenvalue weighted by Gasteiger charge is -2.39. The van der Waals surface area contributed by atoms with Crippen molar-refractivity contribution in [1.29, 1.82) is 0 Å². The van der Waals surface area contributed by atoms with Gasteiger partial charge in [-0.3, -0.25) is 9.59 Å². The fourth-order valence-corrected chi connectivity index (χ4v) is 3.92. The molecule has 0 spiro atoms. The SMILES string of the molecule is C=CCCCCCC[N+](CCCCC(=O)[O-])(CCCCC(=O)O)CCCCC(=O)O. The summed E-state index contributed by atoms with van der Waals surface area (Å²) in [5.41, 5.74) is 0. The van der Waals surface area contributed by atoms with E-state index in [1.807, 2.05) is 6.08 Å². The quantitative estimate of drug-likeness (QED) is 0.155. The molecule has 0 fully saturated rings. The van der Waals surface area contributed by atoms with Crippen molar-refractivity contribution in [3.8, 4) is 0 Å². The van der Waals surface area contributed by atoms with Gasteiger partial charge >= 0.3 is 11.9 Å². The van der Waals surface area contributed by atoms with E-state index in [4.69, 9.17) is 10.2 Å². The molecule has 7 heteroatoms. The van der Waals surface area contributed by atoms with Gasteiger partial charge in [-0.05, 0) is 70.6 Å². The highest BCUT2D eigenvalue weighted by Gasteiger charge is 2.26. The first kappa shape index (κ1) is 28.1. The van der Waals surface area contributed by atoms with Crippen molar-refractivity contribution in [2.24, 2.45) is 0 Å². The van der Waals surface area contributed by atoms with Gasteiger partial charge in [-0.2, -0.15) is 0 Å². The van der Waals surface area contributed by atoms with Crippen molar-refractivity contribution < 1.29 is 34.2 Å². The van der Waals surface area contributed by atoms with Gasteiger partial charge in [0.05, 0.1) is 26.2 Å². The van der Waals surface area contributed by atoms with Gasteiger partial charge in [-0.1, -0.05) is 12.5 Å². The summed E-state index contributed by atoms with van der Waals surface area (Å²) < 4.78 is 0.827. The molecule has 0 radical (unpaired) electrons. The van der Waals surface area contributed by atoms with Gasteiger partial charge in [-0.15, -0.1) is 6.58 Å². The van der Waals surface area contributed by atoms with Crippen LogP contribution in [0.2, 0.25) is 0 Å². The molecule has 0 aliphatic heterocycles. The van der Waals surface area contributed by atoms with Gasteiger partial charge in [0.15, 0.2) is 0 Å². The number of quaternary nitrogens is 1. The molecule has 0 aromatic carbocycles. The van der Waals surface area contributed by atoms with Gasteiger partial charge in [0.1, 0.15) is 0 Å². The molecular formula is C23H41NO6. The average Bonchev–Trinajstić information content (AvgIpc) is 2.68. The van der Waals surface area contributed by atoms with Crippen LogP contribution in [0.25, 0.3) is 0 Å². The molecule has 7 nitrogen and oxygen atoms in total. The molecule has 0 amide bonds. The van der Waals surface area contributed by atoms with Crippen molar-refractivity contribution in [3.05, 3.63) is 12.7 Å². The van der Waals surface area contributed by atoms with Crippen LogP contribution in [0.15, 0.2) is 12.7 Å². The lowest BCUT2D eigenvalue weighted by molar-refractivity contribution is -0.929. The summed E-state index contributed by atoms with van der Waals surface area (Å²) in [6.07, 6.45) is 12.0. The Morgan fingerprint density at radius 2 is 1.07 bits per heavy atom. The lowest BCUT2D eigenvalue weighted by Crippen LogP contribution is -2.51. The fraction of sp³-hybridized carbons (Fsp3) is 0.783. The second-order valence-electron chi connectivity index (χ2n) is 8.26. The van der Waals surface area contributed by atoms with E-state index in [-0.39, 0.29) is 19.3 Å². The van der Waals surface area contributed by atoms with Gasteiger partial charge < -0.3 is 24.6 Å². The highest BCUT2D eigenvalue weighted by molar-refractivity contribution is 5.66. The smallest absolute Gasteiger partial charge is 0.303 e. The van der Waals surface area contributed by atoms with Crippen molar-refractivity contribution in [2.45, 2.75) is 89.9 Å². The van der Waals surface area contributed by atoms with Crippen LogP contribution in [-0.4, -0.2) is 58.8 Å². The van der Waals surface area contributed by atoms with E-state index < -0.39 is 17.9 Å². The first-order valence-corrected chi connectivity index (χ1v) is 11.4. The summed E-state index contributed by atoms with van der Waals surface area (Å²) in [4.78, 5) is 32.4. The number of carboxylic acid groups (broad SMARTS) is 3. The monoisotopic (exact) mass is 427 g/mol. The average molecular weight is 428 g/mol. The molecular weight excluding hydrogens is 386 g/mol. The Labute approximate surface area is 181 Å². The van der Waals surface area contributed by atoms with Crippen molar-refractivity contribution in [3.63, 3.8) is 0 Å². The summed E-state index contributed by atoms with van der Waals surface area (Å²) in [6, 6.07) is 0. The summed E-state index contributed by atoms with van der Waals surface area (Å²) in [7, 11) is 0. The highest BCUT2D eigenvalue weighted by Crippen LogP contribution is 2.19. The van der Waals surface area contributed by atoms with Gasteiger partial charge in [-0.25, -0.2) is 0 Å². The molecule has 0 atom stereocenters. The van der Waals surface area contributed by atoms with E-state index in [2.05, 4.69) is 6.58 Å². The molecule has 0 heterocycles. The fourth-order valence-electron chi connectivity index (χ4n) is 3.92. The van der Waals surface area contributed by atoms with Gasteiger partial charge in [0, 0.05) is 18.8 Å². The van der Waals surface area contributed by atoms with E-state index in [1.165, 1.54) is 0 Å².